The number of amides is 2. The number of hydrogen-bond acceptors (Lipinski definition) is 8. The molecule has 0 bridgehead atoms. The number of ether oxygens (including phenoxy) is 2. The highest BCUT2D eigenvalue weighted by Crippen LogP contribution is 2.39. The summed E-state index contributed by atoms with van der Waals surface area (Å²) < 4.78 is 10.4. The molecule has 1 aliphatic carbocycles. The van der Waals surface area contributed by atoms with Crippen LogP contribution in [-0.4, -0.2) is 37.1 Å². The predicted molar refractivity (Wildman–Crippen MR) is 135 cm³/mol. The van der Waals surface area contributed by atoms with Gasteiger partial charge in [0.05, 0.1) is 24.5 Å². The molecule has 184 valence electrons. The van der Waals surface area contributed by atoms with Gasteiger partial charge >= 0.3 is 23.8 Å². The van der Waals surface area contributed by atoms with Gasteiger partial charge in [0, 0.05) is 10.4 Å². The van der Waals surface area contributed by atoms with Gasteiger partial charge in [0.25, 0.3) is 0 Å². The molecular weight excluding hydrogens is 482 g/mol. The number of methoxy groups -OCH3 is 1. The van der Waals surface area contributed by atoms with E-state index in [-0.39, 0.29) is 10.8 Å². The van der Waals surface area contributed by atoms with Gasteiger partial charge in [0.15, 0.2) is 0 Å². The molecule has 0 fully saturated rings. The Labute approximate surface area is 211 Å². The third-order valence-electron chi connectivity index (χ3n) is 5.60. The first kappa shape index (κ1) is 24.8. The average Bonchev–Trinajstić information content (AvgIpc) is 3.45. The van der Waals surface area contributed by atoms with E-state index in [0.29, 0.717) is 16.7 Å². The fourth-order valence-corrected chi connectivity index (χ4v) is 5.09. The summed E-state index contributed by atoms with van der Waals surface area (Å²) in [7, 11) is 1.27. The zero-order valence-corrected chi connectivity index (χ0v) is 20.4. The quantitative estimate of drug-likeness (QED) is 0.173. The monoisotopic (exact) mass is 505 g/mol. The lowest BCUT2D eigenvalue weighted by Gasteiger charge is -2.09. The van der Waals surface area contributed by atoms with Crippen LogP contribution in [-0.2, 0) is 27.2 Å². The summed E-state index contributed by atoms with van der Waals surface area (Å²) in [6, 6.07) is 13.7. The van der Waals surface area contributed by atoms with Gasteiger partial charge in [0.2, 0.25) is 0 Å². The van der Waals surface area contributed by atoms with E-state index in [9.17, 15) is 19.2 Å². The molecule has 0 radical (unpaired) electrons. The van der Waals surface area contributed by atoms with Crippen LogP contribution in [0.15, 0.2) is 53.6 Å². The van der Waals surface area contributed by atoms with E-state index in [0.717, 1.165) is 35.3 Å². The first-order valence-electron chi connectivity index (χ1n) is 11.1. The number of carbonyl (C=O) groups excluding carboxylic acids is 4. The normalized spacial score (nSPS) is 12.2. The summed E-state index contributed by atoms with van der Waals surface area (Å²) in [5, 5.41) is 6.59. The maximum absolute atomic E-state index is 12.6. The molecule has 1 aromatic heterocycles. The van der Waals surface area contributed by atoms with Gasteiger partial charge in [-0.05, 0) is 55.5 Å². The SMILES string of the molecule is COC(=O)c1c(NC(=O)C(=O)N/N=C/c2ccccc2OC(=O)c2ccccc2C)sc2c1CCC2. The van der Waals surface area contributed by atoms with E-state index in [1.54, 1.807) is 36.4 Å². The Morgan fingerprint density at radius 2 is 1.72 bits per heavy atom. The first-order chi connectivity index (χ1) is 17.4. The Morgan fingerprint density at radius 1 is 0.972 bits per heavy atom. The van der Waals surface area contributed by atoms with Crippen molar-refractivity contribution in [1.29, 1.82) is 0 Å². The molecule has 1 heterocycles. The van der Waals surface area contributed by atoms with Crippen LogP contribution >= 0.6 is 11.3 Å². The highest BCUT2D eigenvalue weighted by molar-refractivity contribution is 7.17. The van der Waals surface area contributed by atoms with Gasteiger partial charge in [0.1, 0.15) is 10.8 Å². The Hall–Kier alpha value is -4.31. The standard InChI is InChI=1S/C26H23N3O6S/c1-15-8-3-5-10-17(15)25(32)35-19-12-6-4-9-16(19)14-27-29-23(31)22(30)28-24-21(26(33)34-2)18-11-7-13-20(18)36-24/h3-6,8-10,12,14H,7,11,13H2,1-2H3,(H,28,30)(H,29,31)/b27-14+. The molecule has 0 aliphatic heterocycles. The molecule has 2 N–H and O–H groups in total. The number of aryl methyl sites for hydroxylation is 2. The second kappa shape index (κ2) is 11.0. The Morgan fingerprint density at radius 3 is 2.50 bits per heavy atom. The van der Waals surface area contributed by atoms with Gasteiger partial charge < -0.3 is 14.8 Å². The molecule has 9 nitrogen and oxygen atoms in total. The molecule has 2 aromatic carbocycles. The smallest absolute Gasteiger partial charge is 0.343 e. The molecule has 0 saturated heterocycles. The van der Waals surface area contributed by atoms with E-state index in [1.807, 2.05) is 19.1 Å². The molecule has 3 aromatic rings. The summed E-state index contributed by atoms with van der Waals surface area (Å²) in [5.41, 5.74) is 4.93. The fraction of sp³-hybridized carbons (Fsp3) is 0.192. The maximum Gasteiger partial charge on any atom is 0.343 e. The molecular formula is C26H23N3O6S. The highest BCUT2D eigenvalue weighted by Gasteiger charge is 2.29. The molecule has 0 atom stereocenters. The molecule has 4 rings (SSSR count). The van der Waals surface area contributed by atoms with Gasteiger partial charge in [-0.25, -0.2) is 15.0 Å². The van der Waals surface area contributed by atoms with Crippen molar-refractivity contribution in [3.63, 3.8) is 0 Å². The second-order valence-corrected chi connectivity index (χ2v) is 9.05. The van der Waals surface area contributed by atoms with Crippen molar-refractivity contribution < 1.29 is 28.7 Å². The molecule has 0 unspecified atom stereocenters. The van der Waals surface area contributed by atoms with Crippen molar-refractivity contribution in [2.24, 2.45) is 5.10 Å². The van der Waals surface area contributed by atoms with Crippen LogP contribution in [0.4, 0.5) is 5.00 Å². The molecule has 10 heteroatoms. The number of esters is 2. The third-order valence-corrected chi connectivity index (χ3v) is 6.81. The lowest BCUT2D eigenvalue weighted by atomic mass is 10.1. The summed E-state index contributed by atoms with van der Waals surface area (Å²) in [6.45, 7) is 1.81. The van der Waals surface area contributed by atoms with Crippen molar-refractivity contribution in [3.05, 3.63) is 81.2 Å². The lowest BCUT2D eigenvalue weighted by molar-refractivity contribution is -0.136. The predicted octanol–water partition coefficient (Wildman–Crippen LogP) is 3.64. The Kier molecular flexibility index (Phi) is 7.55. The van der Waals surface area contributed by atoms with Crippen LogP contribution < -0.4 is 15.5 Å². The molecule has 2 amide bonds. The summed E-state index contributed by atoms with van der Waals surface area (Å²) in [5.74, 6) is -2.84. The van der Waals surface area contributed by atoms with Crippen LogP contribution in [0.1, 0.15) is 48.7 Å². The van der Waals surface area contributed by atoms with E-state index < -0.39 is 23.8 Å². The van der Waals surface area contributed by atoms with Gasteiger partial charge in [-0.2, -0.15) is 5.10 Å². The number of benzene rings is 2. The molecule has 1 aliphatic rings. The number of para-hydroxylation sites is 1. The molecule has 36 heavy (non-hydrogen) atoms. The largest absolute Gasteiger partial charge is 0.465 e. The van der Waals surface area contributed by atoms with E-state index in [4.69, 9.17) is 9.47 Å². The van der Waals surface area contributed by atoms with Crippen LogP contribution in [0.5, 0.6) is 5.75 Å². The minimum atomic E-state index is -1.02. The number of anilines is 1. The maximum atomic E-state index is 12.6. The third kappa shape index (κ3) is 5.33. The van der Waals surface area contributed by atoms with Crippen molar-refractivity contribution >= 4 is 46.3 Å². The minimum absolute atomic E-state index is 0.240. The van der Waals surface area contributed by atoms with E-state index >= 15 is 0 Å². The number of hydrogen-bond donors (Lipinski definition) is 2. The van der Waals surface area contributed by atoms with Crippen molar-refractivity contribution in [3.8, 4) is 5.75 Å². The minimum Gasteiger partial charge on any atom is -0.465 e. The number of fused-ring (bicyclic) bond motifs is 1. The van der Waals surface area contributed by atoms with Gasteiger partial charge in [-0.1, -0.05) is 30.3 Å². The molecule has 0 spiro atoms. The zero-order chi connectivity index (χ0) is 25.7. The van der Waals surface area contributed by atoms with Gasteiger partial charge in [-0.15, -0.1) is 11.3 Å². The number of carbonyl (C=O) groups is 4. The fourth-order valence-electron chi connectivity index (χ4n) is 3.82. The van der Waals surface area contributed by atoms with Crippen LogP contribution in [0.3, 0.4) is 0 Å². The van der Waals surface area contributed by atoms with Crippen LogP contribution in [0.25, 0.3) is 0 Å². The lowest BCUT2D eigenvalue weighted by Crippen LogP contribution is -2.32. The van der Waals surface area contributed by atoms with E-state index in [1.165, 1.54) is 24.7 Å². The summed E-state index contributed by atoms with van der Waals surface area (Å²) in [4.78, 5) is 50.5. The average molecular weight is 506 g/mol. The first-order valence-corrected chi connectivity index (χ1v) is 11.9. The van der Waals surface area contributed by atoms with Crippen LogP contribution in [0.2, 0.25) is 0 Å². The zero-order valence-electron chi connectivity index (χ0n) is 19.6. The van der Waals surface area contributed by atoms with Crippen LogP contribution in [0, 0.1) is 6.92 Å². The Bertz CT molecular complexity index is 1380. The summed E-state index contributed by atoms with van der Waals surface area (Å²) >= 11 is 1.27. The summed E-state index contributed by atoms with van der Waals surface area (Å²) in [6.07, 6.45) is 3.72. The second-order valence-electron chi connectivity index (χ2n) is 7.95. The van der Waals surface area contributed by atoms with E-state index in [2.05, 4.69) is 15.8 Å². The topological polar surface area (TPSA) is 123 Å². The van der Waals surface area contributed by atoms with Gasteiger partial charge in [-0.3, -0.25) is 9.59 Å². The number of nitrogens with zero attached hydrogens (tertiary/aromatic N) is 1. The number of rotatable bonds is 6. The highest BCUT2D eigenvalue weighted by atomic mass is 32.1. The number of nitrogens with one attached hydrogen (secondary N) is 2. The Balaban J connectivity index is 1.41. The van der Waals surface area contributed by atoms with Crippen molar-refractivity contribution in [2.45, 2.75) is 26.2 Å². The number of thiophene rings is 1. The van der Waals surface area contributed by atoms with Crippen molar-refractivity contribution in [1.82, 2.24) is 5.43 Å². The number of hydrazone groups is 1. The molecule has 0 saturated carbocycles. The van der Waals surface area contributed by atoms with Crippen molar-refractivity contribution in [2.75, 3.05) is 12.4 Å².